The van der Waals surface area contributed by atoms with Crippen LogP contribution in [-0.4, -0.2) is 24.3 Å². The molecule has 0 N–H and O–H groups in total. The molecule has 2 aromatic carbocycles. The van der Waals surface area contributed by atoms with Gasteiger partial charge in [0.15, 0.2) is 0 Å². The fourth-order valence-corrected chi connectivity index (χ4v) is 3.36. The van der Waals surface area contributed by atoms with Gasteiger partial charge in [-0.25, -0.2) is 0 Å². The second-order valence-corrected chi connectivity index (χ2v) is 7.43. The van der Waals surface area contributed by atoms with Crippen molar-refractivity contribution >= 4 is 23.7 Å². The lowest BCUT2D eigenvalue weighted by molar-refractivity contribution is -0.191. The van der Waals surface area contributed by atoms with E-state index in [1.807, 2.05) is 25.1 Å². The third-order valence-electron chi connectivity index (χ3n) is 3.98. The van der Waals surface area contributed by atoms with Crippen LogP contribution < -0.4 is 4.74 Å². The number of alkyl halides is 3. The summed E-state index contributed by atoms with van der Waals surface area (Å²) in [6.07, 6.45) is -2.38. The predicted molar refractivity (Wildman–Crippen MR) is 107 cm³/mol. The van der Waals surface area contributed by atoms with Crippen molar-refractivity contribution in [3.63, 3.8) is 0 Å². The Hall–Kier alpha value is -2.57. The molecule has 0 aliphatic heterocycles. The van der Waals surface area contributed by atoms with Crippen molar-refractivity contribution in [2.45, 2.75) is 44.2 Å². The van der Waals surface area contributed by atoms with Gasteiger partial charge in [-0.2, -0.15) is 22.8 Å². The van der Waals surface area contributed by atoms with Crippen LogP contribution in [-0.2, 0) is 27.0 Å². The summed E-state index contributed by atoms with van der Waals surface area (Å²) in [5.41, 5.74) is 1.09. The minimum atomic E-state index is -4.33. The van der Waals surface area contributed by atoms with E-state index in [4.69, 9.17) is 14.3 Å². The quantitative estimate of drug-likeness (QED) is 0.481. The lowest BCUT2D eigenvalue weighted by Gasteiger charge is -2.10. The van der Waals surface area contributed by atoms with Crippen LogP contribution in [0.3, 0.4) is 0 Å². The maximum Gasteiger partial charge on any atom is 0.416 e. The number of carbonyl (C=O) groups is 1. The smallest absolute Gasteiger partial charge is 0.416 e. The van der Waals surface area contributed by atoms with Gasteiger partial charge < -0.3 is 4.74 Å². The molecule has 30 heavy (non-hydrogen) atoms. The average molecular weight is 440 g/mol. The van der Waals surface area contributed by atoms with E-state index in [-0.39, 0.29) is 11.9 Å². The van der Waals surface area contributed by atoms with Crippen molar-refractivity contribution in [1.29, 1.82) is 0 Å². The molecule has 0 unspecified atom stereocenters. The van der Waals surface area contributed by atoms with Gasteiger partial charge in [0, 0.05) is 11.3 Å². The number of carbonyl (C=O) groups excluding carboxylic acids is 3. The number of halogens is 3. The van der Waals surface area contributed by atoms with Crippen LogP contribution in [0.1, 0.15) is 36.5 Å². The van der Waals surface area contributed by atoms with E-state index < -0.39 is 11.7 Å². The van der Waals surface area contributed by atoms with Crippen LogP contribution >= 0.6 is 11.8 Å². The SMILES string of the molecule is CCCOc1ccc(SCC(=O)CCc2ccc(C(F)(F)F)cc2)cc1C.O=C=O. The maximum absolute atomic E-state index is 12.5. The normalized spacial score (nSPS) is 10.6. The Morgan fingerprint density at radius 3 is 2.27 bits per heavy atom. The van der Waals surface area contributed by atoms with Crippen molar-refractivity contribution in [2.75, 3.05) is 12.4 Å². The monoisotopic (exact) mass is 440 g/mol. The Labute approximate surface area is 177 Å². The minimum absolute atomic E-state index is 0.0730. The number of rotatable bonds is 9. The Bertz CT molecular complexity index is 842. The van der Waals surface area contributed by atoms with E-state index in [1.54, 1.807) is 0 Å². The largest absolute Gasteiger partial charge is 0.493 e. The first kappa shape index (κ1) is 25.5. The van der Waals surface area contributed by atoms with Gasteiger partial charge in [0.2, 0.25) is 0 Å². The number of hydrogen-bond acceptors (Lipinski definition) is 5. The van der Waals surface area contributed by atoms with E-state index in [9.17, 15) is 18.0 Å². The number of ether oxygens (including phenoxy) is 1. The van der Waals surface area contributed by atoms with Crippen molar-refractivity contribution in [3.8, 4) is 5.75 Å². The topological polar surface area (TPSA) is 60.4 Å². The molecule has 0 aromatic heterocycles. The van der Waals surface area contributed by atoms with E-state index in [1.165, 1.54) is 23.9 Å². The van der Waals surface area contributed by atoms with Crippen LogP contribution in [0.5, 0.6) is 5.75 Å². The zero-order chi connectivity index (χ0) is 22.6. The fraction of sp³-hybridized carbons (Fsp3) is 0.364. The minimum Gasteiger partial charge on any atom is -0.493 e. The lowest BCUT2D eigenvalue weighted by atomic mass is 10.1. The lowest BCUT2D eigenvalue weighted by Crippen LogP contribution is -2.06. The van der Waals surface area contributed by atoms with Crippen molar-refractivity contribution in [1.82, 2.24) is 0 Å². The van der Waals surface area contributed by atoms with Gasteiger partial charge in [-0.3, -0.25) is 4.79 Å². The molecule has 0 spiro atoms. The Morgan fingerprint density at radius 1 is 1.10 bits per heavy atom. The van der Waals surface area contributed by atoms with Crippen molar-refractivity contribution < 1.29 is 32.3 Å². The molecule has 2 aromatic rings. The Balaban J connectivity index is 0.00000141. The molecule has 162 valence electrons. The summed E-state index contributed by atoms with van der Waals surface area (Å²) in [7, 11) is 0. The van der Waals surface area contributed by atoms with Crippen LogP contribution in [0.15, 0.2) is 47.4 Å². The van der Waals surface area contributed by atoms with Crippen LogP contribution in [0.2, 0.25) is 0 Å². The third-order valence-corrected chi connectivity index (χ3v) is 5.04. The summed E-state index contributed by atoms with van der Waals surface area (Å²) in [6, 6.07) is 10.8. The molecule has 0 saturated carbocycles. The first-order valence-corrected chi connectivity index (χ1v) is 10.2. The van der Waals surface area contributed by atoms with Crippen molar-refractivity contribution in [2.24, 2.45) is 0 Å². The average Bonchev–Trinajstić information content (AvgIpc) is 2.70. The zero-order valence-electron chi connectivity index (χ0n) is 16.8. The number of Topliss-reactive ketones (excluding diaryl/α,β-unsaturated/α-hetero) is 1. The molecule has 0 bridgehead atoms. The maximum atomic E-state index is 12.5. The van der Waals surface area contributed by atoms with E-state index in [0.29, 0.717) is 25.2 Å². The molecule has 4 nitrogen and oxygen atoms in total. The molecule has 2 rings (SSSR count). The van der Waals surface area contributed by atoms with Gasteiger partial charge in [-0.1, -0.05) is 19.1 Å². The fourth-order valence-electron chi connectivity index (χ4n) is 2.47. The van der Waals surface area contributed by atoms with Gasteiger partial charge in [-0.15, -0.1) is 11.8 Å². The molecule has 0 saturated heterocycles. The highest BCUT2D eigenvalue weighted by Gasteiger charge is 2.29. The molecule has 0 atom stereocenters. The van der Waals surface area contributed by atoms with E-state index >= 15 is 0 Å². The van der Waals surface area contributed by atoms with Gasteiger partial charge in [0.05, 0.1) is 17.9 Å². The second-order valence-electron chi connectivity index (χ2n) is 6.38. The van der Waals surface area contributed by atoms with Gasteiger partial charge in [0.25, 0.3) is 0 Å². The molecule has 0 radical (unpaired) electrons. The number of aryl methyl sites for hydroxylation is 2. The number of benzene rings is 2. The molecule has 0 fully saturated rings. The molecule has 0 amide bonds. The molecule has 0 heterocycles. The van der Waals surface area contributed by atoms with Gasteiger partial charge in [0.1, 0.15) is 11.5 Å². The number of thioether (sulfide) groups is 1. The Morgan fingerprint density at radius 2 is 1.73 bits per heavy atom. The predicted octanol–water partition coefficient (Wildman–Crippen LogP) is 5.51. The summed E-state index contributed by atoms with van der Waals surface area (Å²) in [5, 5.41) is 0. The zero-order valence-corrected chi connectivity index (χ0v) is 17.6. The summed E-state index contributed by atoms with van der Waals surface area (Å²) in [5.74, 6) is 1.27. The standard InChI is InChI=1S/C21H23F3O2S.CO2/c1-3-12-26-20-11-10-19(13-15(20)2)27-14-18(25)9-6-16-4-7-17(8-5-16)21(22,23)24;2-1-3/h4-5,7-8,10-11,13H,3,6,9,12,14H2,1-2H3;. The van der Waals surface area contributed by atoms with Gasteiger partial charge >= 0.3 is 12.3 Å². The summed E-state index contributed by atoms with van der Waals surface area (Å²) in [6.45, 7) is 4.70. The summed E-state index contributed by atoms with van der Waals surface area (Å²) >= 11 is 1.46. The molecule has 8 heteroatoms. The third kappa shape index (κ3) is 9.29. The van der Waals surface area contributed by atoms with Crippen LogP contribution in [0.4, 0.5) is 13.2 Å². The van der Waals surface area contributed by atoms with Gasteiger partial charge in [-0.05, 0) is 61.2 Å². The molecular weight excluding hydrogens is 417 g/mol. The number of ketones is 1. The van der Waals surface area contributed by atoms with E-state index in [0.717, 1.165) is 40.3 Å². The first-order chi connectivity index (χ1) is 14.2. The highest BCUT2D eigenvalue weighted by molar-refractivity contribution is 8.00. The van der Waals surface area contributed by atoms with E-state index in [2.05, 4.69) is 6.92 Å². The van der Waals surface area contributed by atoms with Crippen LogP contribution in [0.25, 0.3) is 0 Å². The second kappa shape index (κ2) is 12.9. The molecule has 0 aliphatic rings. The van der Waals surface area contributed by atoms with Crippen LogP contribution in [0, 0.1) is 6.92 Å². The highest BCUT2D eigenvalue weighted by atomic mass is 32.2. The Kier molecular flexibility index (Phi) is 10.9. The number of hydrogen-bond donors (Lipinski definition) is 0. The summed E-state index contributed by atoms with van der Waals surface area (Å²) in [4.78, 5) is 29.3. The summed E-state index contributed by atoms with van der Waals surface area (Å²) < 4.78 is 43.3. The molecule has 0 aliphatic carbocycles. The first-order valence-electron chi connectivity index (χ1n) is 9.24. The molecular formula is C22H23F3O4S. The van der Waals surface area contributed by atoms with Crippen molar-refractivity contribution in [3.05, 3.63) is 59.2 Å². The highest BCUT2D eigenvalue weighted by Crippen LogP contribution is 2.29.